The second kappa shape index (κ2) is 8.91. The molecule has 1 saturated heterocycles. The Balaban J connectivity index is 1.53. The molecule has 0 bridgehead atoms. The maximum atomic E-state index is 12.7. The summed E-state index contributed by atoms with van der Waals surface area (Å²) in [6.45, 7) is 6.08. The van der Waals surface area contributed by atoms with Crippen LogP contribution in [0.15, 0.2) is 54.6 Å². The minimum Gasteiger partial charge on any atom is -0.495 e. The number of hydrogen-bond acceptors (Lipinski definition) is 4. The van der Waals surface area contributed by atoms with Crippen molar-refractivity contribution in [2.75, 3.05) is 51.8 Å². The van der Waals surface area contributed by atoms with Gasteiger partial charge in [0.1, 0.15) is 5.75 Å². The third-order valence-electron chi connectivity index (χ3n) is 5.41. The fourth-order valence-corrected chi connectivity index (χ4v) is 3.51. The lowest BCUT2D eigenvalue weighted by atomic mass is 10.1. The molecule has 0 aromatic heterocycles. The number of likely N-dealkylation sites (N-methyl/N-ethyl adjacent to an activating group) is 1. The number of nitrogens with zero attached hydrogens (tertiary/aromatic N) is 3. The number of hydrogen-bond donors (Lipinski definition) is 0. The highest BCUT2D eigenvalue weighted by Gasteiger charge is 2.24. The minimum absolute atomic E-state index is 0.0774. The molecule has 1 amide bonds. The van der Waals surface area contributed by atoms with Crippen LogP contribution >= 0.6 is 0 Å². The van der Waals surface area contributed by atoms with Crippen molar-refractivity contribution >= 4 is 11.6 Å². The summed E-state index contributed by atoms with van der Waals surface area (Å²) >= 11 is 0. The zero-order valence-electron chi connectivity index (χ0n) is 16.5. The van der Waals surface area contributed by atoms with Gasteiger partial charge >= 0.3 is 0 Å². The van der Waals surface area contributed by atoms with E-state index in [4.69, 9.17) is 4.74 Å². The quantitative estimate of drug-likeness (QED) is 0.786. The van der Waals surface area contributed by atoms with E-state index in [0.29, 0.717) is 6.54 Å². The molecule has 1 fully saturated rings. The van der Waals surface area contributed by atoms with Crippen LogP contribution in [-0.4, -0.2) is 62.6 Å². The Morgan fingerprint density at radius 2 is 1.67 bits per heavy atom. The van der Waals surface area contributed by atoms with E-state index in [2.05, 4.69) is 34.9 Å². The molecule has 3 rings (SSSR count). The molecule has 2 aromatic carbocycles. The molecule has 0 saturated carbocycles. The van der Waals surface area contributed by atoms with Gasteiger partial charge in [0.2, 0.25) is 5.91 Å². The van der Waals surface area contributed by atoms with Gasteiger partial charge in [0, 0.05) is 33.2 Å². The number of amides is 1. The number of carbonyl (C=O) groups excluding carboxylic acids is 1. The van der Waals surface area contributed by atoms with Gasteiger partial charge in [-0.2, -0.15) is 0 Å². The number of benzene rings is 2. The maximum absolute atomic E-state index is 12.7. The zero-order valence-corrected chi connectivity index (χ0v) is 16.5. The fraction of sp³-hybridized carbons (Fsp3) is 0.409. The first kappa shape index (κ1) is 19.2. The molecule has 0 aliphatic carbocycles. The summed E-state index contributed by atoms with van der Waals surface area (Å²) < 4.78 is 5.47. The van der Waals surface area contributed by atoms with E-state index in [1.54, 1.807) is 7.11 Å². The molecule has 5 nitrogen and oxygen atoms in total. The fourth-order valence-electron chi connectivity index (χ4n) is 3.51. The molecule has 27 heavy (non-hydrogen) atoms. The molecule has 1 atom stereocenters. The Kier molecular flexibility index (Phi) is 6.35. The predicted molar refractivity (Wildman–Crippen MR) is 109 cm³/mol. The van der Waals surface area contributed by atoms with Crippen LogP contribution in [0.5, 0.6) is 5.75 Å². The number of rotatable bonds is 6. The van der Waals surface area contributed by atoms with Gasteiger partial charge in [-0.1, -0.05) is 42.5 Å². The van der Waals surface area contributed by atoms with Gasteiger partial charge < -0.3 is 14.5 Å². The molecule has 1 aliphatic heterocycles. The molecule has 0 radical (unpaired) electrons. The standard InChI is InChI=1S/C22H29N3O2/c1-18(19-9-5-4-6-10-19)23(2)22(26)17-24-13-15-25(16-14-24)20-11-7-8-12-21(20)27-3/h4-12,18H,13-17H2,1-3H3/t18-/m1/s1. The summed E-state index contributed by atoms with van der Waals surface area (Å²) in [6, 6.07) is 18.4. The largest absolute Gasteiger partial charge is 0.495 e. The third kappa shape index (κ3) is 4.61. The molecule has 144 valence electrons. The number of ether oxygens (including phenoxy) is 1. The van der Waals surface area contributed by atoms with Crippen molar-refractivity contribution in [1.29, 1.82) is 0 Å². The highest BCUT2D eigenvalue weighted by atomic mass is 16.5. The lowest BCUT2D eigenvalue weighted by Gasteiger charge is -2.37. The second-order valence-corrected chi connectivity index (χ2v) is 7.03. The van der Waals surface area contributed by atoms with Crippen LogP contribution in [0.1, 0.15) is 18.5 Å². The van der Waals surface area contributed by atoms with E-state index >= 15 is 0 Å². The van der Waals surface area contributed by atoms with Crippen LogP contribution in [0, 0.1) is 0 Å². The van der Waals surface area contributed by atoms with Crippen LogP contribution < -0.4 is 9.64 Å². The number of piperazine rings is 1. The highest BCUT2D eigenvalue weighted by Crippen LogP contribution is 2.28. The van der Waals surface area contributed by atoms with E-state index < -0.39 is 0 Å². The van der Waals surface area contributed by atoms with Gasteiger partial charge in [0.05, 0.1) is 25.4 Å². The van der Waals surface area contributed by atoms with E-state index in [1.807, 2.05) is 48.3 Å². The van der Waals surface area contributed by atoms with Gasteiger partial charge in [-0.15, -0.1) is 0 Å². The topological polar surface area (TPSA) is 36.0 Å². The van der Waals surface area contributed by atoms with Crippen LogP contribution in [-0.2, 0) is 4.79 Å². The summed E-state index contributed by atoms with van der Waals surface area (Å²) in [5.41, 5.74) is 2.29. The van der Waals surface area contributed by atoms with Crippen molar-refractivity contribution in [3.05, 3.63) is 60.2 Å². The van der Waals surface area contributed by atoms with Crippen molar-refractivity contribution < 1.29 is 9.53 Å². The smallest absolute Gasteiger partial charge is 0.236 e. The average Bonchev–Trinajstić information content (AvgIpc) is 2.73. The Hall–Kier alpha value is -2.53. The zero-order chi connectivity index (χ0) is 19.2. The minimum atomic E-state index is 0.0774. The van der Waals surface area contributed by atoms with E-state index in [1.165, 1.54) is 0 Å². The third-order valence-corrected chi connectivity index (χ3v) is 5.41. The molecule has 1 aliphatic rings. The summed E-state index contributed by atoms with van der Waals surface area (Å²) in [6.07, 6.45) is 0. The molecule has 2 aromatic rings. The van der Waals surface area contributed by atoms with Gasteiger partial charge in [0.15, 0.2) is 0 Å². The second-order valence-electron chi connectivity index (χ2n) is 7.03. The van der Waals surface area contributed by atoms with Gasteiger partial charge in [0.25, 0.3) is 0 Å². The van der Waals surface area contributed by atoms with Crippen molar-refractivity contribution in [3.8, 4) is 5.75 Å². The maximum Gasteiger partial charge on any atom is 0.236 e. The molecule has 1 heterocycles. The van der Waals surface area contributed by atoms with E-state index in [9.17, 15) is 4.79 Å². The van der Waals surface area contributed by atoms with Gasteiger partial charge in [-0.3, -0.25) is 9.69 Å². The Labute approximate surface area is 162 Å². The van der Waals surface area contributed by atoms with E-state index in [0.717, 1.165) is 43.2 Å². The lowest BCUT2D eigenvalue weighted by molar-refractivity contribution is -0.133. The molecule has 0 N–H and O–H groups in total. The predicted octanol–water partition coefficient (Wildman–Crippen LogP) is 3.04. The van der Waals surface area contributed by atoms with Gasteiger partial charge in [-0.25, -0.2) is 0 Å². The first-order valence-electron chi connectivity index (χ1n) is 9.51. The number of methoxy groups -OCH3 is 1. The monoisotopic (exact) mass is 367 g/mol. The SMILES string of the molecule is COc1ccccc1N1CCN(CC(=O)N(C)[C@H](C)c2ccccc2)CC1. The van der Waals surface area contributed by atoms with Crippen molar-refractivity contribution in [3.63, 3.8) is 0 Å². The summed E-state index contributed by atoms with van der Waals surface area (Å²) in [5, 5.41) is 0. The number of anilines is 1. The van der Waals surface area contributed by atoms with Crippen LogP contribution in [0.25, 0.3) is 0 Å². The van der Waals surface area contributed by atoms with Crippen LogP contribution in [0.3, 0.4) is 0 Å². The van der Waals surface area contributed by atoms with Crippen LogP contribution in [0.2, 0.25) is 0 Å². The Morgan fingerprint density at radius 3 is 2.33 bits per heavy atom. The molecule has 0 spiro atoms. The molecule has 5 heteroatoms. The molecular formula is C22H29N3O2. The van der Waals surface area contributed by atoms with Crippen molar-refractivity contribution in [2.24, 2.45) is 0 Å². The van der Waals surface area contributed by atoms with Crippen molar-refractivity contribution in [1.82, 2.24) is 9.80 Å². The number of para-hydroxylation sites is 2. The molecule has 0 unspecified atom stereocenters. The van der Waals surface area contributed by atoms with Crippen molar-refractivity contribution in [2.45, 2.75) is 13.0 Å². The average molecular weight is 367 g/mol. The Morgan fingerprint density at radius 1 is 1.04 bits per heavy atom. The lowest BCUT2D eigenvalue weighted by Crippen LogP contribution is -2.50. The van der Waals surface area contributed by atoms with E-state index in [-0.39, 0.29) is 11.9 Å². The van der Waals surface area contributed by atoms with Gasteiger partial charge in [-0.05, 0) is 24.6 Å². The summed E-state index contributed by atoms with van der Waals surface area (Å²) in [5.74, 6) is 1.07. The number of carbonyl (C=O) groups is 1. The summed E-state index contributed by atoms with van der Waals surface area (Å²) in [7, 11) is 3.60. The molecular weight excluding hydrogens is 338 g/mol. The Bertz CT molecular complexity index is 742. The normalized spacial score (nSPS) is 16.0. The first-order chi connectivity index (χ1) is 13.1. The highest BCUT2D eigenvalue weighted by molar-refractivity contribution is 5.78. The summed E-state index contributed by atoms with van der Waals surface area (Å²) in [4.78, 5) is 19.1. The first-order valence-corrected chi connectivity index (χ1v) is 9.51. The van der Waals surface area contributed by atoms with Crippen LogP contribution in [0.4, 0.5) is 5.69 Å².